The zero-order valence-electron chi connectivity index (χ0n) is 13.8. The first-order valence-corrected chi connectivity index (χ1v) is 7.79. The minimum absolute atomic E-state index is 0.0217. The van der Waals surface area contributed by atoms with E-state index in [9.17, 15) is 18.0 Å². The van der Waals surface area contributed by atoms with Crippen molar-refractivity contribution in [1.82, 2.24) is 4.98 Å². The highest BCUT2D eigenvalue weighted by Crippen LogP contribution is 2.23. The molecule has 1 amide bonds. The fourth-order valence-corrected chi connectivity index (χ4v) is 2.47. The maximum absolute atomic E-state index is 12.5. The number of para-hydroxylation sites is 1. The van der Waals surface area contributed by atoms with E-state index in [1.807, 2.05) is 24.3 Å². The van der Waals surface area contributed by atoms with Crippen molar-refractivity contribution in [2.24, 2.45) is 0 Å². The fourth-order valence-electron chi connectivity index (χ4n) is 2.47. The van der Waals surface area contributed by atoms with Crippen LogP contribution in [-0.4, -0.2) is 23.7 Å². The number of benzene rings is 2. The number of aromatic nitrogens is 1. The number of hydrogen-bond acceptors (Lipinski definition) is 3. The summed E-state index contributed by atoms with van der Waals surface area (Å²) < 4.78 is 41.4. The van der Waals surface area contributed by atoms with E-state index in [1.54, 1.807) is 19.1 Å². The Labute approximate surface area is 147 Å². The van der Waals surface area contributed by atoms with Crippen LogP contribution in [0, 0.1) is 6.92 Å². The quantitative estimate of drug-likeness (QED) is 0.731. The number of alkyl halides is 3. The molecule has 0 bridgehead atoms. The number of fused-ring (bicyclic) bond motifs is 1. The molecule has 1 aromatic heterocycles. The molecule has 1 heterocycles. The van der Waals surface area contributed by atoms with E-state index < -0.39 is 18.7 Å². The van der Waals surface area contributed by atoms with Crippen LogP contribution in [-0.2, 0) is 0 Å². The van der Waals surface area contributed by atoms with Crippen molar-refractivity contribution in [3.63, 3.8) is 0 Å². The second-order valence-electron chi connectivity index (χ2n) is 5.70. The van der Waals surface area contributed by atoms with Crippen LogP contribution in [0.3, 0.4) is 0 Å². The summed E-state index contributed by atoms with van der Waals surface area (Å²) in [5, 5.41) is 3.49. The number of amides is 1. The van der Waals surface area contributed by atoms with Crippen molar-refractivity contribution in [1.29, 1.82) is 0 Å². The number of carbonyl (C=O) groups excluding carboxylic acids is 1. The summed E-state index contributed by atoms with van der Waals surface area (Å²) in [5.74, 6) is -0.373. The van der Waals surface area contributed by atoms with Gasteiger partial charge < -0.3 is 10.1 Å². The van der Waals surface area contributed by atoms with Crippen LogP contribution >= 0.6 is 0 Å². The molecule has 3 rings (SSSR count). The van der Waals surface area contributed by atoms with Gasteiger partial charge in [-0.3, -0.25) is 9.78 Å². The average molecular weight is 360 g/mol. The standard InChI is InChI=1S/C19H15F3N2O2/c1-12-16(9-13-5-2-3-8-17(13)23-12)18(25)24-14-6-4-7-15(10-14)26-11-19(20,21)22/h2-10H,11H2,1H3,(H,24,25). The third-order valence-corrected chi connectivity index (χ3v) is 3.65. The molecule has 0 fully saturated rings. The van der Waals surface area contributed by atoms with Crippen LogP contribution in [0.1, 0.15) is 16.1 Å². The van der Waals surface area contributed by atoms with E-state index in [0.717, 1.165) is 10.9 Å². The van der Waals surface area contributed by atoms with E-state index in [0.29, 0.717) is 16.9 Å². The van der Waals surface area contributed by atoms with E-state index in [2.05, 4.69) is 10.3 Å². The Hall–Kier alpha value is -3.09. The number of carbonyl (C=O) groups is 1. The summed E-state index contributed by atoms with van der Waals surface area (Å²) in [5.41, 5.74) is 2.07. The minimum atomic E-state index is -4.42. The van der Waals surface area contributed by atoms with Gasteiger partial charge in [-0.15, -0.1) is 0 Å². The number of pyridine rings is 1. The molecule has 0 unspecified atom stereocenters. The maximum Gasteiger partial charge on any atom is 0.422 e. The molecular weight excluding hydrogens is 345 g/mol. The molecule has 4 nitrogen and oxygen atoms in total. The van der Waals surface area contributed by atoms with Gasteiger partial charge >= 0.3 is 6.18 Å². The van der Waals surface area contributed by atoms with Crippen molar-refractivity contribution in [2.45, 2.75) is 13.1 Å². The Balaban J connectivity index is 1.79. The SMILES string of the molecule is Cc1nc2ccccc2cc1C(=O)Nc1cccc(OCC(F)(F)F)c1. The van der Waals surface area contributed by atoms with E-state index in [1.165, 1.54) is 18.2 Å². The molecule has 0 spiro atoms. The van der Waals surface area contributed by atoms with Gasteiger partial charge in [0.25, 0.3) is 5.91 Å². The van der Waals surface area contributed by atoms with Gasteiger partial charge in [0.2, 0.25) is 0 Å². The van der Waals surface area contributed by atoms with Crippen molar-refractivity contribution < 1.29 is 22.7 Å². The molecule has 0 atom stereocenters. The molecule has 2 aromatic carbocycles. The van der Waals surface area contributed by atoms with Gasteiger partial charge in [-0.2, -0.15) is 13.2 Å². The van der Waals surface area contributed by atoms with Gasteiger partial charge in [0.05, 0.1) is 16.8 Å². The molecular formula is C19H15F3N2O2. The number of rotatable bonds is 4. The first kappa shape index (κ1) is 17.7. The van der Waals surface area contributed by atoms with Crippen LogP contribution in [0.2, 0.25) is 0 Å². The van der Waals surface area contributed by atoms with Crippen LogP contribution in [0.25, 0.3) is 10.9 Å². The molecule has 0 aliphatic carbocycles. The maximum atomic E-state index is 12.5. The van der Waals surface area contributed by atoms with Gasteiger partial charge in [-0.25, -0.2) is 0 Å². The van der Waals surface area contributed by atoms with E-state index in [4.69, 9.17) is 4.74 Å². The molecule has 0 saturated carbocycles. The number of anilines is 1. The Kier molecular flexibility index (Phi) is 4.79. The lowest BCUT2D eigenvalue weighted by atomic mass is 10.1. The van der Waals surface area contributed by atoms with Gasteiger partial charge in [0.15, 0.2) is 6.61 Å². The second kappa shape index (κ2) is 7.03. The van der Waals surface area contributed by atoms with Gasteiger partial charge in [-0.1, -0.05) is 24.3 Å². The summed E-state index contributed by atoms with van der Waals surface area (Å²) in [4.78, 5) is 16.9. The Bertz CT molecular complexity index is 955. The first-order valence-electron chi connectivity index (χ1n) is 7.79. The van der Waals surface area contributed by atoms with Crippen molar-refractivity contribution in [3.05, 3.63) is 65.9 Å². The van der Waals surface area contributed by atoms with Crippen molar-refractivity contribution in [3.8, 4) is 5.75 Å². The summed E-state index contributed by atoms with van der Waals surface area (Å²) in [6.45, 7) is 0.336. The van der Waals surface area contributed by atoms with Gasteiger partial charge in [0, 0.05) is 17.1 Å². The summed E-state index contributed by atoms with van der Waals surface area (Å²) in [6, 6.07) is 15.0. The lowest BCUT2D eigenvalue weighted by molar-refractivity contribution is -0.153. The van der Waals surface area contributed by atoms with Crippen molar-refractivity contribution in [2.75, 3.05) is 11.9 Å². The Morgan fingerprint density at radius 3 is 2.65 bits per heavy atom. The highest BCUT2D eigenvalue weighted by atomic mass is 19.4. The molecule has 7 heteroatoms. The monoisotopic (exact) mass is 360 g/mol. The Morgan fingerprint density at radius 1 is 1.12 bits per heavy atom. The smallest absolute Gasteiger partial charge is 0.422 e. The highest BCUT2D eigenvalue weighted by molar-refractivity contribution is 6.06. The van der Waals surface area contributed by atoms with Crippen LogP contribution in [0.15, 0.2) is 54.6 Å². The average Bonchev–Trinajstić information content (AvgIpc) is 2.59. The molecule has 0 saturated heterocycles. The first-order chi connectivity index (χ1) is 12.3. The minimum Gasteiger partial charge on any atom is -0.484 e. The van der Waals surface area contributed by atoms with Gasteiger partial charge in [0.1, 0.15) is 5.75 Å². The number of ether oxygens (including phenoxy) is 1. The lowest BCUT2D eigenvalue weighted by Gasteiger charge is -2.12. The molecule has 0 aliphatic rings. The molecule has 26 heavy (non-hydrogen) atoms. The normalized spacial score (nSPS) is 11.4. The summed E-state index contributed by atoms with van der Waals surface area (Å²) in [6.07, 6.45) is -4.42. The third-order valence-electron chi connectivity index (χ3n) is 3.65. The predicted octanol–water partition coefficient (Wildman–Crippen LogP) is 4.74. The van der Waals surface area contributed by atoms with E-state index in [-0.39, 0.29) is 5.75 Å². The second-order valence-corrected chi connectivity index (χ2v) is 5.70. The molecule has 0 radical (unpaired) electrons. The number of nitrogens with one attached hydrogen (secondary N) is 1. The highest BCUT2D eigenvalue weighted by Gasteiger charge is 2.28. The summed E-state index contributed by atoms with van der Waals surface area (Å²) in [7, 11) is 0. The Morgan fingerprint density at radius 2 is 1.88 bits per heavy atom. The number of nitrogens with zero attached hydrogens (tertiary/aromatic N) is 1. The molecule has 3 aromatic rings. The van der Waals surface area contributed by atoms with E-state index >= 15 is 0 Å². The zero-order chi connectivity index (χ0) is 18.7. The van der Waals surface area contributed by atoms with Crippen LogP contribution in [0.4, 0.5) is 18.9 Å². The zero-order valence-corrected chi connectivity index (χ0v) is 13.8. The van der Waals surface area contributed by atoms with Gasteiger partial charge in [-0.05, 0) is 31.2 Å². The molecule has 1 N–H and O–H groups in total. The van der Waals surface area contributed by atoms with Crippen LogP contribution < -0.4 is 10.1 Å². The molecule has 134 valence electrons. The lowest BCUT2D eigenvalue weighted by Crippen LogP contribution is -2.19. The predicted molar refractivity (Wildman–Crippen MR) is 92.4 cm³/mol. The number of aryl methyl sites for hydroxylation is 1. The summed E-state index contributed by atoms with van der Waals surface area (Å²) >= 11 is 0. The number of halogens is 3. The topological polar surface area (TPSA) is 51.2 Å². The van der Waals surface area contributed by atoms with Crippen molar-refractivity contribution >= 4 is 22.5 Å². The van der Waals surface area contributed by atoms with Crippen LogP contribution in [0.5, 0.6) is 5.75 Å². The largest absolute Gasteiger partial charge is 0.484 e. The number of hydrogen-bond donors (Lipinski definition) is 1. The molecule has 0 aliphatic heterocycles. The third kappa shape index (κ3) is 4.30. The fraction of sp³-hybridized carbons (Fsp3) is 0.158.